The van der Waals surface area contributed by atoms with Crippen LogP contribution >= 0.6 is 0 Å². The molecule has 1 heteroatoms. The van der Waals surface area contributed by atoms with E-state index in [1.807, 2.05) is 0 Å². The molecule has 1 aromatic heterocycles. The number of aryl methyl sites for hydroxylation is 1. The van der Waals surface area contributed by atoms with E-state index in [9.17, 15) is 0 Å². The molecule has 0 spiro atoms. The Morgan fingerprint density at radius 2 is 0.968 bits per heavy atom. The van der Waals surface area contributed by atoms with Gasteiger partial charge in [-0.2, -0.15) is 0 Å². The number of hydrogen-bond donors (Lipinski definition) is 0. The third kappa shape index (κ3) is 4.08. The summed E-state index contributed by atoms with van der Waals surface area (Å²) in [4.78, 5) is 0. The van der Waals surface area contributed by atoms with Crippen LogP contribution in [0.3, 0.4) is 0 Å². The van der Waals surface area contributed by atoms with E-state index in [-0.39, 0.29) is 0 Å². The number of benzene rings is 4. The van der Waals surface area contributed by atoms with Crippen molar-refractivity contribution < 1.29 is 0 Å². The summed E-state index contributed by atoms with van der Waals surface area (Å²) in [6, 6.07) is 45.3. The van der Waals surface area contributed by atoms with Gasteiger partial charge in [-0.15, -0.1) is 0 Å². The smallest absolute Gasteiger partial charge is 0.0565 e. The number of hydrogen-bond acceptors (Lipinski definition) is 0. The van der Waals surface area contributed by atoms with E-state index in [2.05, 4.69) is 132 Å². The van der Waals surface area contributed by atoms with E-state index in [0.717, 1.165) is 13.0 Å². The zero-order chi connectivity index (χ0) is 20.9. The summed E-state index contributed by atoms with van der Waals surface area (Å²) in [7, 11) is 0. The second-order valence-corrected chi connectivity index (χ2v) is 7.78. The van der Waals surface area contributed by atoms with Crippen molar-refractivity contribution in [1.82, 2.24) is 4.57 Å². The highest BCUT2D eigenvalue weighted by atomic mass is 15.0. The first-order valence-corrected chi connectivity index (χ1v) is 10.8. The summed E-state index contributed by atoms with van der Waals surface area (Å²) < 4.78 is 2.50. The van der Waals surface area contributed by atoms with Gasteiger partial charge in [0.05, 0.1) is 5.69 Å². The molecule has 5 rings (SSSR count). The molecule has 0 saturated carbocycles. The summed E-state index contributed by atoms with van der Waals surface area (Å²) in [6.45, 7) is 0.922. The highest BCUT2D eigenvalue weighted by Gasteiger charge is 2.19. The summed E-state index contributed by atoms with van der Waals surface area (Å²) in [5.41, 5.74) is 8.91. The second kappa shape index (κ2) is 8.89. The Morgan fingerprint density at radius 3 is 1.55 bits per heavy atom. The zero-order valence-electron chi connectivity index (χ0n) is 17.5. The first-order valence-electron chi connectivity index (χ1n) is 10.8. The molecule has 31 heavy (non-hydrogen) atoms. The lowest BCUT2D eigenvalue weighted by Crippen LogP contribution is -2.05. The van der Waals surface area contributed by atoms with Crippen molar-refractivity contribution in [2.24, 2.45) is 0 Å². The molecule has 0 aliphatic carbocycles. The first kappa shape index (κ1) is 19.1. The SMILES string of the molecule is c1ccc(CCn2c(-c3ccccc3)cc(-c3ccccc3)c2-c2ccccc2)cc1. The predicted molar refractivity (Wildman–Crippen MR) is 131 cm³/mol. The minimum Gasteiger partial charge on any atom is -0.340 e. The Hall–Kier alpha value is -3.84. The van der Waals surface area contributed by atoms with Crippen LogP contribution in [0.4, 0.5) is 0 Å². The van der Waals surface area contributed by atoms with E-state index < -0.39 is 0 Å². The molecule has 4 aromatic carbocycles. The molecular formula is C30H25N. The Bertz CT molecular complexity index is 1240. The summed E-state index contributed by atoms with van der Waals surface area (Å²) in [5, 5.41) is 0. The summed E-state index contributed by atoms with van der Waals surface area (Å²) in [6.07, 6.45) is 0.990. The molecule has 0 amide bonds. The maximum absolute atomic E-state index is 2.50. The van der Waals surface area contributed by atoms with Crippen molar-refractivity contribution in [3.63, 3.8) is 0 Å². The van der Waals surface area contributed by atoms with Gasteiger partial charge in [0.2, 0.25) is 0 Å². The van der Waals surface area contributed by atoms with Gasteiger partial charge in [0, 0.05) is 17.8 Å². The largest absolute Gasteiger partial charge is 0.340 e. The van der Waals surface area contributed by atoms with Crippen LogP contribution in [0, 0.1) is 0 Å². The normalized spacial score (nSPS) is 10.8. The van der Waals surface area contributed by atoms with Crippen molar-refractivity contribution in [2.75, 3.05) is 0 Å². The van der Waals surface area contributed by atoms with E-state index >= 15 is 0 Å². The van der Waals surface area contributed by atoms with Gasteiger partial charge in [-0.3, -0.25) is 0 Å². The highest BCUT2D eigenvalue weighted by Crippen LogP contribution is 2.39. The molecule has 150 valence electrons. The fraction of sp³-hybridized carbons (Fsp3) is 0.0667. The molecule has 0 aliphatic heterocycles. The Morgan fingerprint density at radius 1 is 0.484 bits per heavy atom. The lowest BCUT2D eigenvalue weighted by Gasteiger charge is -2.15. The molecule has 1 heterocycles. The number of nitrogens with zero attached hydrogens (tertiary/aromatic N) is 1. The van der Waals surface area contributed by atoms with Gasteiger partial charge in [-0.25, -0.2) is 0 Å². The van der Waals surface area contributed by atoms with Crippen LogP contribution < -0.4 is 0 Å². The lowest BCUT2D eigenvalue weighted by atomic mass is 10.0. The molecule has 0 radical (unpaired) electrons. The molecule has 0 unspecified atom stereocenters. The maximum Gasteiger partial charge on any atom is 0.0565 e. The third-order valence-electron chi connectivity index (χ3n) is 5.77. The molecular weight excluding hydrogens is 374 g/mol. The van der Waals surface area contributed by atoms with E-state index in [1.54, 1.807) is 0 Å². The van der Waals surface area contributed by atoms with E-state index in [4.69, 9.17) is 0 Å². The fourth-order valence-corrected chi connectivity index (χ4v) is 4.26. The average molecular weight is 400 g/mol. The van der Waals surface area contributed by atoms with Gasteiger partial charge in [0.15, 0.2) is 0 Å². The molecule has 0 bridgehead atoms. The van der Waals surface area contributed by atoms with E-state index in [1.165, 1.54) is 39.2 Å². The number of rotatable bonds is 6. The van der Waals surface area contributed by atoms with Gasteiger partial charge in [0.25, 0.3) is 0 Å². The highest BCUT2D eigenvalue weighted by molar-refractivity contribution is 5.86. The Balaban J connectivity index is 1.71. The topological polar surface area (TPSA) is 4.93 Å². The van der Waals surface area contributed by atoms with Crippen LogP contribution in [-0.2, 0) is 13.0 Å². The van der Waals surface area contributed by atoms with Gasteiger partial charge < -0.3 is 4.57 Å². The predicted octanol–water partition coefficient (Wildman–Crippen LogP) is 7.73. The Kier molecular flexibility index (Phi) is 5.49. The number of aromatic nitrogens is 1. The molecule has 0 N–H and O–H groups in total. The average Bonchev–Trinajstić information content (AvgIpc) is 3.24. The van der Waals surface area contributed by atoms with Crippen LogP contribution in [-0.4, -0.2) is 4.57 Å². The van der Waals surface area contributed by atoms with Crippen LogP contribution in [0.1, 0.15) is 5.56 Å². The van der Waals surface area contributed by atoms with E-state index in [0.29, 0.717) is 0 Å². The van der Waals surface area contributed by atoms with Crippen LogP contribution in [0.2, 0.25) is 0 Å². The lowest BCUT2D eigenvalue weighted by molar-refractivity contribution is 0.714. The van der Waals surface area contributed by atoms with Crippen molar-refractivity contribution in [3.05, 3.63) is 133 Å². The monoisotopic (exact) mass is 399 g/mol. The van der Waals surface area contributed by atoms with Gasteiger partial charge >= 0.3 is 0 Å². The quantitative estimate of drug-likeness (QED) is 0.275. The zero-order valence-corrected chi connectivity index (χ0v) is 17.5. The fourth-order valence-electron chi connectivity index (χ4n) is 4.26. The van der Waals surface area contributed by atoms with Crippen molar-refractivity contribution in [1.29, 1.82) is 0 Å². The van der Waals surface area contributed by atoms with Crippen molar-refractivity contribution in [3.8, 4) is 33.6 Å². The van der Waals surface area contributed by atoms with Crippen LogP contribution in [0.15, 0.2) is 127 Å². The molecule has 0 fully saturated rings. The summed E-state index contributed by atoms with van der Waals surface area (Å²) >= 11 is 0. The summed E-state index contributed by atoms with van der Waals surface area (Å²) in [5.74, 6) is 0. The Labute approximate surface area is 184 Å². The third-order valence-corrected chi connectivity index (χ3v) is 5.77. The minimum absolute atomic E-state index is 0.922. The standard InChI is InChI=1S/C30H25N/c1-5-13-24(14-6-1)21-22-31-29(26-17-9-3-10-18-26)23-28(25-15-7-2-8-16-25)30(31)27-19-11-4-12-20-27/h1-20,23H,21-22H2. The van der Waals surface area contributed by atoms with Gasteiger partial charge in [-0.05, 0) is 34.7 Å². The molecule has 0 atom stereocenters. The van der Waals surface area contributed by atoms with Crippen molar-refractivity contribution in [2.45, 2.75) is 13.0 Å². The molecule has 5 aromatic rings. The van der Waals surface area contributed by atoms with Gasteiger partial charge in [0.1, 0.15) is 0 Å². The molecule has 1 nitrogen and oxygen atoms in total. The van der Waals surface area contributed by atoms with Gasteiger partial charge in [-0.1, -0.05) is 121 Å². The maximum atomic E-state index is 2.50. The molecule has 0 saturated heterocycles. The first-order chi connectivity index (χ1) is 15.4. The second-order valence-electron chi connectivity index (χ2n) is 7.78. The minimum atomic E-state index is 0.922. The molecule has 0 aliphatic rings. The van der Waals surface area contributed by atoms with Crippen molar-refractivity contribution >= 4 is 0 Å². The van der Waals surface area contributed by atoms with Crippen LogP contribution in [0.25, 0.3) is 33.6 Å². The van der Waals surface area contributed by atoms with Crippen LogP contribution in [0.5, 0.6) is 0 Å².